The summed E-state index contributed by atoms with van der Waals surface area (Å²) in [5.74, 6) is 1.83. The fourth-order valence-electron chi connectivity index (χ4n) is 2.49. The highest BCUT2D eigenvalue weighted by Crippen LogP contribution is 2.31. The number of hydrogen-bond acceptors (Lipinski definition) is 3. The number of nitrogens with one attached hydrogen (secondary N) is 1. The van der Waals surface area contributed by atoms with Crippen LogP contribution in [0, 0.1) is 12.8 Å². The predicted octanol–water partition coefficient (Wildman–Crippen LogP) is 3.90. The average molecular weight is 289 g/mol. The number of rotatable bonds is 6. The van der Waals surface area contributed by atoms with Crippen molar-refractivity contribution in [1.82, 2.24) is 10.3 Å². The van der Waals surface area contributed by atoms with Crippen LogP contribution in [0.5, 0.6) is 0 Å². The zero-order valence-corrected chi connectivity index (χ0v) is 14.5. The largest absolute Gasteiger partial charge is 0.353 e. The number of anilines is 1. The van der Waals surface area contributed by atoms with Gasteiger partial charge in [0.15, 0.2) is 0 Å². The van der Waals surface area contributed by atoms with Gasteiger partial charge in [-0.25, -0.2) is 4.98 Å². The SMILES string of the molecule is Cc1nc(N(CC(C)C)C2CC2)ccc1CNC(C)(C)C. The van der Waals surface area contributed by atoms with Gasteiger partial charge in [-0.05, 0) is 58.1 Å². The highest BCUT2D eigenvalue weighted by atomic mass is 15.2. The Morgan fingerprint density at radius 3 is 2.43 bits per heavy atom. The maximum Gasteiger partial charge on any atom is 0.129 e. The standard InChI is InChI=1S/C18H31N3/c1-13(2)12-21(16-8-9-16)17-10-7-15(14(3)20-17)11-19-18(4,5)6/h7,10,13,16,19H,8-9,11-12H2,1-6H3. The van der Waals surface area contributed by atoms with Crippen molar-refractivity contribution in [3.63, 3.8) is 0 Å². The third-order valence-electron chi connectivity index (χ3n) is 3.83. The molecule has 0 unspecified atom stereocenters. The lowest BCUT2D eigenvalue weighted by Crippen LogP contribution is -2.35. The smallest absolute Gasteiger partial charge is 0.129 e. The molecule has 1 aromatic heterocycles. The van der Waals surface area contributed by atoms with Crippen molar-refractivity contribution in [2.75, 3.05) is 11.4 Å². The van der Waals surface area contributed by atoms with E-state index in [9.17, 15) is 0 Å². The van der Waals surface area contributed by atoms with Crippen LogP contribution in [0.1, 0.15) is 58.7 Å². The third kappa shape index (κ3) is 4.99. The minimum Gasteiger partial charge on any atom is -0.353 e. The van der Waals surface area contributed by atoms with Crippen LogP contribution >= 0.6 is 0 Å². The minimum absolute atomic E-state index is 0.142. The van der Waals surface area contributed by atoms with Gasteiger partial charge in [0.25, 0.3) is 0 Å². The zero-order chi connectivity index (χ0) is 15.6. The molecular weight excluding hydrogens is 258 g/mol. The molecule has 1 N–H and O–H groups in total. The van der Waals surface area contributed by atoms with Gasteiger partial charge in [-0.1, -0.05) is 19.9 Å². The Morgan fingerprint density at radius 1 is 1.29 bits per heavy atom. The van der Waals surface area contributed by atoms with Gasteiger partial charge in [0.2, 0.25) is 0 Å². The molecule has 0 radical (unpaired) electrons. The lowest BCUT2D eigenvalue weighted by atomic mass is 10.1. The van der Waals surface area contributed by atoms with Crippen LogP contribution in [0.3, 0.4) is 0 Å². The first-order valence-corrected chi connectivity index (χ1v) is 8.24. The van der Waals surface area contributed by atoms with Crippen molar-refractivity contribution in [2.45, 2.75) is 72.5 Å². The topological polar surface area (TPSA) is 28.2 Å². The van der Waals surface area contributed by atoms with Crippen LogP contribution in [0.4, 0.5) is 5.82 Å². The van der Waals surface area contributed by atoms with Gasteiger partial charge in [-0.3, -0.25) is 0 Å². The summed E-state index contributed by atoms with van der Waals surface area (Å²) in [6, 6.07) is 5.16. The molecule has 3 heteroatoms. The molecule has 1 saturated carbocycles. The van der Waals surface area contributed by atoms with Gasteiger partial charge in [0, 0.05) is 30.4 Å². The molecule has 1 fully saturated rings. The van der Waals surface area contributed by atoms with E-state index in [1.807, 2.05) is 0 Å². The second-order valence-corrected chi connectivity index (χ2v) is 7.79. The van der Waals surface area contributed by atoms with Gasteiger partial charge in [-0.2, -0.15) is 0 Å². The van der Waals surface area contributed by atoms with Crippen LogP contribution in [0.25, 0.3) is 0 Å². The molecule has 21 heavy (non-hydrogen) atoms. The normalized spacial score (nSPS) is 15.6. The van der Waals surface area contributed by atoms with E-state index in [1.54, 1.807) is 0 Å². The van der Waals surface area contributed by atoms with Gasteiger partial charge in [0.05, 0.1) is 0 Å². The summed E-state index contributed by atoms with van der Waals surface area (Å²) in [5, 5.41) is 3.54. The quantitative estimate of drug-likeness (QED) is 0.861. The Bertz CT molecular complexity index is 470. The van der Waals surface area contributed by atoms with Crippen molar-refractivity contribution in [3.05, 3.63) is 23.4 Å². The molecule has 0 aromatic carbocycles. The van der Waals surface area contributed by atoms with E-state index >= 15 is 0 Å². The molecule has 3 nitrogen and oxygen atoms in total. The number of aromatic nitrogens is 1. The average Bonchev–Trinajstić information content (AvgIpc) is 3.17. The van der Waals surface area contributed by atoms with Gasteiger partial charge in [0.1, 0.15) is 5.82 Å². The molecule has 118 valence electrons. The number of hydrogen-bond donors (Lipinski definition) is 1. The first-order chi connectivity index (χ1) is 9.76. The van der Waals surface area contributed by atoms with Crippen LogP contribution < -0.4 is 10.2 Å². The Morgan fingerprint density at radius 2 is 1.95 bits per heavy atom. The summed E-state index contributed by atoms with van der Waals surface area (Å²) in [5.41, 5.74) is 2.59. The Kier molecular flexibility index (Phi) is 4.92. The number of pyridine rings is 1. The number of aryl methyl sites for hydroxylation is 1. The Balaban J connectivity index is 2.09. The molecule has 1 aromatic rings. The summed E-state index contributed by atoms with van der Waals surface area (Å²) < 4.78 is 0. The molecule has 0 aliphatic heterocycles. The van der Waals surface area contributed by atoms with E-state index in [1.165, 1.54) is 18.4 Å². The molecule has 0 saturated heterocycles. The summed E-state index contributed by atoms with van der Waals surface area (Å²) in [6.45, 7) is 15.3. The summed E-state index contributed by atoms with van der Waals surface area (Å²) in [6.07, 6.45) is 2.64. The van der Waals surface area contributed by atoms with Crippen molar-refractivity contribution < 1.29 is 0 Å². The van der Waals surface area contributed by atoms with Crippen molar-refractivity contribution in [2.24, 2.45) is 5.92 Å². The summed E-state index contributed by atoms with van der Waals surface area (Å²) in [7, 11) is 0. The molecule has 1 aliphatic rings. The van der Waals surface area contributed by atoms with Crippen molar-refractivity contribution >= 4 is 5.82 Å². The number of nitrogens with zero attached hydrogens (tertiary/aromatic N) is 2. The highest BCUT2D eigenvalue weighted by Gasteiger charge is 2.30. The van der Waals surface area contributed by atoms with E-state index < -0.39 is 0 Å². The molecule has 1 heterocycles. The van der Waals surface area contributed by atoms with E-state index in [2.05, 4.69) is 63.9 Å². The molecule has 2 rings (SSSR count). The van der Waals surface area contributed by atoms with Gasteiger partial charge in [-0.15, -0.1) is 0 Å². The Hall–Kier alpha value is -1.09. The lowest BCUT2D eigenvalue weighted by molar-refractivity contribution is 0.423. The Labute approximate surface area is 130 Å². The molecule has 1 aliphatic carbocycles. The second-order valence-electron chi connectivity index (χ2n) is 7.79. The highest BCUT2D eigenvalue weighted by molar-refractivity contribution is 5.44. The maximum absolute atomic E-state index is 4.87. The van der Waals surface area contributed by atoms with Gasteiger partial charge < -0.3 is 10.2 Å². The van der Waals surface area contributed by atoms with E-state index in [4.69, 9.17) is 4.98 Å². The fraction of sp³-hybridized carbons (Fsp3) is 0.722. The van der Waals surface area contributed by atoms with Gasteiger partial charge >= 0.3 is 0 Å². The minimum atomic E-state index is 0.142. The lowest BCUT2D eigenvalue weighted by Gasteiger charge is -2.26. The molecule has 0 amide bonds. The third-order valence-corrected chi connectivity index (χ3v) is 3.83. The zero-order valence-electron chi connectivity index (χ0n) is 14.5. The predicted molar refractivity (Wildman–Crippen MR) is 90.8 cm³/mol. The summed E-state index contributed by atoms with van der Waals surface area (Å²) >= 11 is 0. The van der Waals surface area contributed by atoms with Crippen LogP contribution in [-0.2, 0) is 6.54 Å². The summed E-state index contributed by atoms with van der Waals surface area (Å²) in [4.78, 5) is 7.37. The van der Waals surface area contributed by atoms with Crippen LogP contribution in [0.2, 0.25) is 0 Å². The van der Waals surface area contributed by atoms with Crippen LogP contribution in [0.15, 0.2) is 12.1 Å². The first-order valence-electron chi connectivity index (χ1n) is 8.24. The van der Waals surface area contributed by atoms with E-state index in [-0.39, 0.29) is 5.54 Å². The molecule has 0 bridgehead atoms. The fourth-order valence-corrected chi connectivity index (χ4v) is 2.49. The van der Waals surface area contributed by atoms with Crippen LogP contribution in [-0.4, -0.2) is 23.1 Å². The molecule has 0 atom stereocenters. The monoisotopic (exact) mass is 289 g/mol. The first kappa shape index (κ1) is 16.3. The second kappa shape index (κ2) is 6.35. The maximum atomic E-state index is 4.87. The van der Waals surface area contributed by atoms with Crippen molar-refractivity contribution in [1.29, 1.82) is 0 Å². The van der Waals surface area contributed by atoms with E-state index in [0.717, 1.165) is 30.6 Å². The molecular formula is C18H31N3. The van der Waals surface area contributed by atoms with Crippen molar-refractivity contribution in [3.8, 4) is 0 Å². The molecule has 0 spiro atoms. The van der Waals surface area contributed by atoms with E-state index in [0.29, 0.717) is 5.92 Å².